The minimum atomic E-state index is -0.228. The average Bonchev–Trinajstić information content (AvgIpc) is 2.94. The Hall–Kier alpha value is -3.83. The Bertz CT molecular complexity index is 1390. The second kappa shape index (κ2) is 10.9. The normalized spacial score (nSPS) is 17.1. The van der Waals surface area contributed by atoms with Crippen LogP contribution in [0.3, 0.4) is 0 Å². The summed E-state index contributed by atoms with van der Waals surface area (Å²) >= 11 is 0. The van der Waals surface area contributed by atoms with Gasteiger partial charge in [-0.05, 0) is 95.6 Å². The largest absolute Gasteiger partial charge is 0.508 e. The fourth-order valence-corrected chi connectivity index (χ4v) is 5.84. The third kappa shape index (κ3) is 5.39. The number of rotatable bonds is 7. The summed E-state index contributed by atoms with van der Waals surface area (Å²) in [4.78, 5) is 4.80. The molecule has 2 heterocycles. The molecular weight excluding hydrogens is 475 g/mol. The lowest BCUT2D eigenvalue weighted by Crippen LogP contribution is -2.36. The van der Waals surface area contributed by atoms with Crippen LogP contribution in [0.4, 0.5) is 10.1 Å². The fourth-order valence-electron chi connectivity index (χ4n) is 5.84. The van der Waals surface area contributed by atoms with E-state index in [2.05, 4.69) is 58.3 Å². The van der Waals surface area contributed by atoms with E-state index in [1.165, 1.54) is 39.9 Å². The van der Waals surface area contributed by atoms with Gasteiger partial charge in [0.2, 0.25) is 0 Å². The Balaban J connectivity index is 1.11. The minimum absolute atomic E-state index is 0.0959. The molecule has 4 aromatic carbocycles. The first-order valence-electron chi connectivity index (χ1n) is 13.5. The van der Waals surface area contributed by atoms with Gasteiger partial charge in [-0.1, -0.05) is 42.5 Å². The molecule has 2 aliphatic heterocycles. The van der Waals surface area contributed by atoms with E-state index in [0.29, 0.717) is 12.4 Å². The quantitative estimate of drug-likeness (QED) is 0.317. The smallest absolute Gasteiger partial charge is 0.123 e. The van der Waals surface area contributed by atoms with Crippen molar-refractivity contribution in [3.05, 3.63) is 125 Å². The van der Waals surface area contributed by atoms with Crippen molar-refractivity contribution in [2.24, 2.45) is 0 Å². The second-order valence-corrected chi connectivity index (χ2v) is 10.3. The van der Waals surface area contributed by atoms with Gasteiger partial charge in [-0.15, -0.1) is 0 Å². The standard InChI is InChI=1S/C33H33FN2O2/c34-28-7-9-29(10-8-28)36-18-16-26-22-30(37)11-14-32(26)33(36)21-24-5-12-31(13-6-24)38-20-19-35-17-15-25-3-1-2-4-27(25)23-35/h1-14,22,33,37H,15-21,23H2. The summed E-state index contributed by atoms with van der Waals surface area (Å²) in [6, 6.07) is 29.6. The van der Waals surface area contributed by atoms with Gasteiger partial charge >= 0.3 is 0 Å². The van der Waals surface area contributed by atoms with Crippen molar-refractivity contribution in [2.75, 3.05) is 31.1 Å². The number of halogens is 1. The summed E-state index contributed by atoms with van der Waals surface area (Å²) in [5.74, 6) is 0.955. The van der Waals surface area contributed by atoms with Crippen molar-refractivity contribution in [3.8, 4) is 11.5 Å². The molecule has 5 heteroatoms. The second-order valence-electron chi connectivity index (χ2n) is 10.3. The molecule has 4 nitrogen and oxygen atoms in total. The summed E-state index contributed by atoms with van der Waals surface area (Å²) < 4.78 is 19.7. The molecule has 0 aliphatic carbocycles. The zero-order valence-corrected chi connectivity index (χ0v) is 21.5. The van der Waals surface area contributed by atoms with Crippen LogP contribution >= 0.6 is 0 Å². The first-order valence-corrected chi connectivity index (χ1v) is 13.5. The zero-order valence-electron chi connectivity index (χ0n) is 21.5. The SMILES string of the molecule is Oc1ccc2c(c1)CCN(c1ccc(F)cc1)C2Cc1ccc(OCCN2CCc3ccccc3C2)cc1. The molecule has 0 saturated carbocycles. The highest BCUT2D eigenvalue weighted by atomic mass is 19.1. The molecule has 0 aromatic heterocycles. The van der Waals surface area contributed by atoms with E-state index in [4.69, 9.17) is 4.74 Å². The Morgan fingerprint density at radius 1 is 0.816 bits per heavy atom. The first kappa shape index (κ1) is 24.5. The lowest BCUT2D eigenvalue weighted by Gasteiger charge is -2.39. The molecule has 2 aliphatic rings. The molecule has 4 aromatic rings. The maximum atomic E-state index is 13.6. The molecule has 0 bridgehead atoms. The van der Waals surface area contributed by atoms with E-state index in [9.17, 15) is 9.50 Å². The molecular formula is C33H33FN2O2. The number of hydrogen-bond donors (Lipinski definition) is 1. The highest BCUT2D eigenvalue weighted by Crippen LogP contribution is 2.37. The van der Waals surface area contributed by atoms with Crippen LogP contribution in [-0.2, 0) is 25.8 Å². The first-order chi connectivity index (χ1) is 18.6. The van der Waals surface area contributed by atoms with Gasteiger partial charge in [0, 0.05) is 31.9 Å². The van der Waals surface area contributed by atoms with Crippen molar-refractivity contribution >= 4 is 5.69 Å². The number of phenols is 1. The third-order valence-corrected chi connectivity index (χ3v) is 7.88. The molecule has 194 valence electrons. The van der Waals surface area contributed by atoms with Crippen molar-refractivity contribution in [2.45, 2.75) is 31.8 Å². The summed E-state index contributed by atoms with van der Waals surface area (Å²) in [6.07, 6.45) is 2.75. The van der Waals surface area contributed by atoms with Gasteiger partial charge in [-0.3, -0.25) is 4.90 Å². The van der Waals surface area contributed by atoms with Gasteiger partial charge in [0.25, 0.3) is 0 Å². The van der Waals surface area contributed by atoms with E-state index in [-0.39, 0.29) is 11.9 Å². The number of fused-ring (bicyclic) bond motifs is 2. The van der Waals surface area contributed by atoms with E-state index < -0.39 is 0 Å². The van der Waals surface area contributed by atoms with Crippen LogP contribution in [0, 0.1) is 5.82 Å². The molecule has 1 unspecified atom stereocenters. The molecule has 0 spiro atoms. The summed E-state index contributed by atoms with van der Waals surface area (Å²) in [6.45, 7) is 4.46. The van der Waals surface area contributed by atoms with E-state index in [1.807, 2.05) is 24.3 Å². The Labute approximate surface area is 223 Å². The number of ether oxygens (including phenoxy) is 1. The Kier molecular flexibility index (Phi) is 7.02. The molecule has 0 saturated heterocycles. The minimum Gasteiger partial charge on any atom is -0.508 e. The zero-order chi connectivity index (χ0) is 25.9. The van der Waals surface area contributed by atoms with Crippen LogP contribution in [0.1, 0.15) is 33.9 Å². The van der Waals surface area contributed by atoms with E-state index in [1.54, 1.807) is 6.07 Å². The van der Waals surface area contributed by atoms with Crippen LogP contribution in [-0.4, -0.2) is 36.2 Å². The third-order valence-electron chi connectivity index (χ3n) is 7.88. The Morgan fingerprint density at radius 2 is 1.58 bits per heavy atom. The Morgan fingerprint density at radius 3 is 2.39 bits per heavy atom. The number of aromatic hydroxyl groups is 1. The fraction of sp³-hybridized carbons (Fsp3) is 0.273. The van der Waals surface area contributed by atoms with E-state index >= 15 is 0 Å². The van der Waals surface area contributed by atoms with Crippen LogP contribution in [0.15, 0.2) is 91.0 Å². The molecule has 38 heavy (non-hydrogen) atoms. The van der Waals surface area contributed by atoms with Gasteiger partial charge < -0.3 is 14.7 Å². The number of nitrogens with zero attached hydrogens (tertiary/aromatic N) is 2. The van der Waals surface area contributed by atoms with Crippen LogP contribution in [0.5, 0.6) is 11.5 Å². The van der Waals surface area contributed by atoms with E-state index in [0.717, 1.165) is 56.9 Å². The predicted molar refractivity (Wildman–Crippen MR) is 149 cm³/mol. The average molecular weight is 509 g/mol. The molecule has 1 N–H and O–H groups in total. The van der Waals surface area contributed by atoms with Gasteiger partial charge in [-0.2, -0.15) is 0 Å². The highest BCUT2D eigenvalue weighted by Gasteiger charge is 2.28. The lowest BCUT2D eigenvalue weighted by molar-refractivity contribution is 0.196. The van der Waals surface area contributed by atoms with Crippen LogP contribution in [0.25, 0.3) is 0 Å². The monoisotopic (exact) mass is 508 g/mol. The van der Waals surface area contributed by atoms with Gasteiger partial charge in [0.15, 0.2) is 0 Å². The summed E-state index contributed by atoms with van der Waals surface area (Å²) in [5, 5.41) is 10.0. The molecule has 0 radical (unpaired) electrons. The van der Waals surface area contributed by atoms with Gasteiger partial charge in [0.05, 0.1) is 6.04 Å². The van der Waals surface area contributed by atoms with Crippen molar-refractivity contribution < 1.29 is 14.2 Å². The molecule has 1 atom stereocenters. The van der Waals surface area contributed by atoms with Crippen molar-refractivity contribution in [1.82, 2.24) is 4.90 Å². The van der Waals surface area contributed by atoms with Crippen LogP contribution in [0.2, 0.25) is 0 Å². The molecule has 6 rings (SSSR count). The van der Waals surface area contributed by atoms with Crippen molar-refractivity contribution in [1.29, 1.82) is 0 Å². The molecule has 0 amide bonds. The van der Waals surface area contributed by atoms with Crippen LogP contribution < -0.4 is 9.64 Å². The number of hydrogen-bond acceptors (Lipinski definition) is 4. The highest BCUT2D eigenvalue weighted by molar-refractivity contribution is 5.53. The summed E-state index contributed by atoms with van der Waals surface area (Å²) in [5.41, 5.74) is 7.50. The number of benzene rings is 4. The lowest BCUT2D eigenvalue weighted by atomic mass is 9.88. The summed E-state index contributed by atoms with van der Waals surface area (Å²) in [7, 11) is 0. The van der Waals surface area contributed by atoms with Gasteiger partial charge in [0.1, 0.15) is 23.9 Å². The number of phenolic OH excluding ortho intramolecular Hbond substituents is 1. The topological polar surface area (TPSA) is 35.9 Å². The van der Waals surface area contributed by atoms with Crippen molar-refractivity contribution in [3.63, 3.8) is 0 Å². The van der Waals surface area contributed by atoms with Gasteiger partial charge in [-0.25, -0.2) is 4.39 Å². The number of anilines is 1. The maximum Gasteiger partial charge on any atom is 0.123 e. The maximum absolute atomic E-state index is 13.6. The molecule has 0 fully saturated rings. The predicted octanol–water partition coefficient (Wildman–Crippen LogP) is 6.31.